The lowest BCUT2D eigenvalue weighted by atomic mass is 10.2. The molecule has 5 nitrogen and oxygen atoms in total. The van der Waals surface area contributed by atoms with Gasteiger partial charge in [-0.3, -0.25) is 4.79 Å². The normalized spacial score (nSPS) is 11.8. The predicted octanol–water partition coefficient (Wildman–Crippen LogP) is 3.06. The molecule has 0 fully saturated rings. The van der Waals surface area contributed by atoms with E-state index in [0.717, 1.165) is 17.7 Å². The molecule has 1 heterocycles. The van der Waals surface area contributed by atoms with E-state index >= 15 is 0 Å². The molecule has 1 atom stereocenters. The van der Waals surface area contributed by atoms with Gasteiger partial charge in [-0.1, -0.05) is 25.1 Å². The molecule has 0 aliphatic heterocycles. The Morgan fingerprint density at radius 2 is 1.95 bits per heavy atom. The van der Waals surface area contributed by atoms with Crippen LogP contribution in [0, 0.1) is 6.92 Å². The Morgan fingerprint density at radius 1 is 1.19 bits per heavy atom. The highest BCUT2D eigenvalue weighted by Gasteiger charge is 2.10. The molecule has 21 heavy (non-hydrogen) atoms. The summed E-state index contributed by atoms with van der Waals surface area (Å²) < 4.78 is 0. The quantitative estimate of drug-likeness (QED) is 0.885. The summed E-state index contributed by atoms with van der Waals surface area (Å²) in [7, 11) is 0. The Kier molecular flexibility index (Phi) is 4.87. The van der Waals surface area contributed by atoms with Gasteiger partial charge in [-0.15, -0.1) is 10.2 Å². The molecule has 2 rings (SSSR count). The first-order chi connectivity index (χ1) is 10.1. The number of rotatable bonds is 5. The monoisotopic (exact) mass is 284 g/mol. The molecule has 0 spiro atoms. The van der Waals surface area contributed by atoms with Crippen LogP contribution in [0.5, 0.6) is 0 Å². The number of hydrogen-bond acceptors (Lipinski definition) is 4. The highest BCUT2D eigenvalue weighted by atomic mass is 16.2. The van der Waals surface area contributed by atoms with Crippen LogP contribution in [0.4, 0.5) is 11.5 Å². The van der Waals surface area contributed by atoms with E-state index in [-0.39, 0.29) is 11.9 Å². The van der Waals surface area contributed by atoms with E-state index in [2.05, 4.69) is 20.8 Å². The van der Waals surface area contributed by atoms with Crippen molar-refractivity contribution in [2.24, 2.45) is 0 Å². The van der Waals surface area contributed by atoms with Crippen LogP contribution < -0.4 is 10.6 Å². The van der Waals surface area contributed by atoms with Crippen molar-refractivity contribution >= 4 is 17.4 Å². The summed E-state index contributed by atoms with van der Waals surface area (Å²) in [5.41, 5.74) is 2.42. The molecule has 110 valence electrons. The fraction of sp³-hybridized carbons (Fsp3) is 0.312. The van der Waals surface area contributed by atoms with E-state index in [4.69, 9.17) is 0 Å². The van der Waals surface area contributed by atoms with Gasteiger partial charge in [0.25, 0.3) is 5.91 Å². The van der Waals surface area contributed by atoms with Gasteiger partial charge in [0.15, 0.2) is 11.5 Å². The Hall–Kier alpha value is -2.43. The molecule has 0 bridgehead atoms. The Bertz CT molecular complexity index is 610. The van der Waals surface area contributed by atoms with Crippen LogP contribution in [-0.4, -0.2) is 22.1 Å². The van der Waals surface area contributed by atoms with E-state index in [1.54, 1.807) is 12.1 Å². The van der Waals surface area contributed by atoms with Crippen LogP contribution in [0.25, 0.3) is 0 Å². The highest BCUT2D eigenvalue weighted by molar-refractivity contribution is 5.92. The molecular formula is C16H20N4O. The van der Waals surface area contributed by atoms with E-state index in [1.807, 2.05) is 45.0 Å². The maximum atomic E-state index is 11.9. The summed E-state index contributed by atoms with van der Waals surface area (Å²) in [5.74, 6) is 0.420. The number of nitrogens with zero attached hydrogens (tertiary/aromatic N) is 2. The van der Waals surface area contributed by atoms with Gasteiger partial charge in [0.05, 0.1) is 0 Å². The number of amides is 1. The summed E-state index contributed by atoms with van der Waals surface area (Å²) in [4.78, 5) is 11.9. The second-order valence-corrected chi connectivity index (χ2v) is 5.03. The Balaban J connectivity index is 2.05. The molecule has 1 unspecified atom stereocenters. The lowest BCUT2D eigenvalue weighted by Crippen LogP contribution is -2.32. The average Bonchev–Trinajstić information content (AvgIpc) is 2.50. The zero-order valence-corrected chi connectivity index (χ0v) is 12.6. The lowest BCUT2D eigenvalue weighted by molar-refractivity contribution is 0.0933. The van der Waals surface area contributed by atoms with Crippen LogP contribution in [0.15, 0.2) is 36.4 Å². The summed E-state index contributed by atoms with van der Waals surface area (Å²) >= 11 is 0. The van der Waals surface area contributed by atoms with Gasteiger partial charge in [-0.05, 0) is 44.0 Å². The zero-order valence-electron chi connectivity index (χ0n) is 12.6. The molecule has 1 aromatic carbocycles. The summed E-state index contributed by atoms with van der Waals surface area (Å²) in [6.07, 6.45) is 0.881. The molecule has 5 heteroatoms. The first kappa shape index (κ1) is 15.0. The predicted molar refractivity (Wildman–Crippen MR) is 83.7 cm³/mol. The van der Waals surface area contributed by atoms with Gasteiger partial charge >= 0.3 is 0 Å². The minimum Gasteiger partial charge on any atom is -0.348 e. The van der Waals surface area contributed by atoms with Crippen LogP contribution >= 0.6 is 0 Å². The molecule has 2 aromatic rings. The number of aryl methyl sites for hydroxylation is 1. The summed E-state index contributed by atoms with van der Waals surface area (Å²) in [6, 6.07) is 11.5. The van der Waals surface area contributed by atoms with Crippen molar-refractivity contribution in [2.75, 3.05) is 5.32 Å². The molecule has 0 aliphatic carbocycles. The van der Waals surface area contributed by atoms with Crippen LogP contribution in [0.1, 0.15) is 36.3 Å². The molecule has 0 radical (unpaired) electrons. The van der Waals surface area contributed by atoms with Crippen molar-refractivity contribution in [3.8, 4) is 0 Å². The maximum absolute atomic E-state index is 11.9. The minimum atomic E-state index is -0.195. The third kappa shape index (κ3) is 4.02. The fourth-order valence-corrected chi connectivity index (χ4v) is 1.77. The van der Waals surface area contributed by atoms with Crippen molar-refractivity contribution < 1.29 is 4.79 Å². The standard InChI is InChI=1S/C16H20N4O/c1-4-12(3)17-16(21)14-9-10-15(20-19-14)18-13-8-6-5-7-11(13)2/h5-10,12H,4H2,1-3H3,(H,17,21)(H,18,20). The second kappa shape index (κ2) is 6.83. The van der Waals surface area contributed by atoms with Gasteiger partial charge in [0, 0.05) is 11.7 Å². The SMILES string of the molecule is CCC(C)NC(=O)c1ccc(Nc2ccccc2C)nn1. The van der Waals surface area contributed by atoms with Crippen molar-refractivity contribution in [2.45, 2.75) is 33.2 Å². The number of nitrogens with one attached hydrogen (secondary N) is 2. The molecular weight excluding hydrogens is 264 g/mol. The average molecular weight is 284 g/mol. The van der Waals surface area contributed by atoms with E-state index < -0.39 is 0 Å². The van der Waals surface area contributed by atoms with Gasteiger partial charge in [-0.2, -0.15) is 0 Å². The van der Waals surface area contributed by atoms with Gasteiger partial charge < -0.3 is 10.6 Å². The van der Waals surface area contributed by atoms with Crippen molar-refractivity contribution in [3.05, 3.63) is 47.7 Å². The minimum absolute atomic E-state index is 0.129. The van der Waals surface area contributed by atoms with Crippen molar-refractivity contribution in [1.82, 2.24) is 15.5 Å². The lowest BCUT2D eigenvalue weighted by Gasteiger charge is -2.11. The highest BCUT2D eigenvalue weighted by Crippen LogP contribution is 2.17. The topological polar surface area (TPSA) is 66.9 Å². The number of benzene rings is 1. The van der Waals surface area contributed by atoms with Crippen LogP contribution in [0.3, 0.4) is 0 Å². The molecule has 0 saturated carbocycles. The van der Waals surface area contributed by atoms with E-state index in [9.17, 15) is 4.79 Å². The number of carbonyl (C=O) groups excluding carboxylic acids is 1. The number of aromatic nitrogens is 2. The first-order valence-corrected chi connectivity index (χ1v) is 7.07. The summed E-state index contributed by atoms with van der Waals surface area (Å²) in [5, 5.41) is 14.1. The van der Waals surface area contributed by atoms with Gasteiger partial charge in [0.2, 0.25) is 0 Å². The number of hydrogen-bond donors (Lipinski definition) is 2. The van der Waals surface area contributed by atoms with E-state index in [1.165, 1.54) is 0 Å². The third-order valence-corrected chi connectivity index (χ3v) is 3.29. The van der Waals surface area contributed by atoms with Crippen molar-refractivity contribution in [3.63, 3.8) is 0 Å². The number of anilines is 2. The summed E-state index contributed by atoms with van der Waals surface area (Å²) in [6.45, 7) is 6.00. The molecule has 1 amide bonds. The first-order valence-electron chi connectivity index (χ1n) is 7.07. The fourth-order valence-electron chi connectivity index (χ4n) is 1.77. The largest absolute Gasteiger partial charge is 0.348 e. The van der Waals surface area contributed by atoms with Gasteiger partial charge in [-0.25, -0.2) is 0 Å². The Morgan fingerprint density at radius 3 is 2.57 bits per heavy atom. The smallest absolute Gasteiger partial charge is 0.272 e. The van der Waals surface area contributed by atoms with Crippen LogP contribution in [0.2, 0.25) is 0 Å². The zero-order chi connectivity index (χ0) is 15.2. The Labute approximate surface area is 124 Å². The molecule has 0 aliphatic rings. The number of carbonyl (C=O) groups is 1. The maximum Gasteiger partial charge on any atom is 0.272 e. The molecule has 0 saturated heterocycles. The van der Waals surface area contributed by atoms with Crippen molar-refractivity contribution in [1.29, 1.82) is 0 Å². The van der Waals surface area contributed by atoms with E-state index in [0.29, 0.717) is 11.5 Å². The second-order valence-electron chi connectivity index (χ2n) is 5.03. The van der Waals surface area contributed by atoms with Gasteiger partial charge in [0.1, 0.15) is 0 Å². The molecule has 2 N–H and O–H groups in total. The van der Waals surface area contributed by atoms with Crippen LogP contribution in [-0.2, 0) is 0 Å². The molecule has 1 aromatic heterocycles. The number of para-hydroxylation sites is 1. The third-order valence-electron chi connectivity index (χ3n) is 3.29.